The van der Waals surface area contributed by atoms with Crippen LogP contribution in [-0.2, 0) is 26.7 Å². The summed E-state index contributed by atoms with van der Waals surface area (Å²) in [5.74, 6) is 0.279. The summed E-state index contributed by atoms with van der Waals surface area (Å²) >= 11 is 7.06. The summed E-state index contributed by atoms with van der Waals surface area (Å²) in [5, 5.41) is 7.83. The van der Waals surface area contributed by atoms with Crippen molar-refractivity contribution < 1.29 is 26.3 Å². The van der Waals surface area contributed by atoms with Crippen LogP contribution in [0, 0.1) is 0 Å². The Morgan fingerprint density at radius 3 is 2.61 bits per heavy atom. The van der Waals surface area contributed by atoms with Gasteiger partial charge in [-0.15, -0.1) is 10.2 Å². The van der Waals surface area contributed by atoms with Crippen LogP contribution in [0.2, 0.25) is 5.02 Å². The summed E-state index contributed by atoms with van der Waals surface area (Å²) in [4.78, 5) is 0.154. The van der Waals surface area contributed by atoms with Crippen molar-refractivity contribution in [3.63, 3.8) is 0 Å². The lowest BCUT2D eigenvalue weighted by molar-refractivity contribution is -0.137. The van der Waals surface area contributed by atoms with Crippen LogP contribution in [0.1, 0.15) is 11.1 Å². The van der Waals surface area contributed by atoms with E-state index >= 15 is 0 Å². The molecular formula is C18H16ClF3N4O3S2. The number of rotatable bonds is 5. The summed E-state index contributed by atoms with van der Waals surface area (Å²) in [5.41, 5.74) is -0.125. The quantitative estimate of drug-likeness (QED) is 0.505. The molecule has 0 N–H and O–H groups in total. The van der Waals surface area contributed by atoms with Gasteiger partial charge in [-0.05, 0) is 23.8 Å². The normalized spacial score (nSPS) is 16.1. The second kappa shape index (κ2) is 8.58. The first-order valence-electron chi connectivity index (χ1n) is 9.07. The summed E-state index contributed by atoms with van der Waals surface area (Å²) in [6.45, 7) is 1.26. The number of aromatic nitrogens is 3. The first kappa shape index (κ1) is 22.3. The van der Waals surface area contributed by atoms with Crippen molar-refractivity contribution in [1.82, 2.24) is 18.9 Å². The van der Waals surface area contributed by atoms with Gasteiger partial charge < -0.3 is 4.74 Å². The number of alkyl halides is 3. The molecular weight excluding hydrogens is 477 g/mol. The third kappa shape index (κ3) is 4.67. The predicted molar refractivity (Wildman–Crippen MR) is 109 cm³/mol. The molecule has 0 aliphatic carbocycles. The van der Waals surface area contributed by atoms with E-state index in [1.807, 2.05) is 0 Å². The van der Waals surface area contributed by atoms with Crippen molar-refractivity contribution >= 4 is 39.0 Å². The molecule has 0 saturated carbocycles. The lowest BCUT2D eigenvalue weighted by Gasteiger charge is -2.26. The summed E-state index contributed by atoms with van der Waals surface area (Å²) in [6, 6.07) is 7.24. The lowest BCUT2D eigenvalue weighted by Crippen LogP contribution is -2.40. The number of ether oxygens (including phenoxy) is 1. The molecule has 3 aromatic rings. The zero-order chi connectivity index (χ0) is 22.2. The molecule has 1 saturated heterocycles. The molecule has 4 rings (SSSR count). The van der Waals surface area contributed by atoms with Gasteiger partial charge in [0.25, 0.3) is 0 Å². The van der Waals surface area contributed by atoms with Crippen LogP contribution in [0.3, 0.4) is 0 Å². The van der Waals surface area contributed by atoms with Crippen LogP contribution in [0.15, 0.2) is 46.6 Å². The Morgan fingerprint density at radius 2 is 1.90 bits per heavy atom. The number of hydrogen-bond acceptors (Lipinski definition) is 6. The molecule has 13 heteroatoms. The molecule has 31 heavy (non-hydrogen) atoms. The van der Waals surface area contributed by atoms with Gasteiger partial charge >= 0.3 is 6.18 Å². The van der Waals surface area contributed by atoms with E-state index in [4.69, 9.17) is 16.3 Å². The van der Waals surface area contributed by atoms with Crippen LogP contribution < -0.4 is 0 Å². The Bertz CT molecular complexity index is 1210. The van der Waals surface area contributed by atoms with E-state index in [2.05, 4.69) is 10.2 Å². The van der Waals surface area contributed by atoms with Crippen LogP contribution in [0.25, 0.3) is 5.65 Å². The van der Waals surface area contributed by atoms with Crippen LogP contribution in [-0.4, -0.2) is 53.6 Å². The molecule has 0 bridgehead atoms. The van der Waals surface area contributed by atoms with E-state index < -0.39 is 21.8 Å². The van der Waals surface area contributed by atoms with E-state index in [0.29, 0.717) is 18.8 Å². The fraction of sp³-hybridized carbons (Fsp3) is 0.333. The van der Waals surface area contributed by atoms with E-state index in [-0.39, 0.29) is 39.6 Å². The van der Waals surface area contributed by atoms with Gasteiger partial charge in [0, 0.05) is 25.0 Å². The van der Waals surface area contributed by atoms with Gasteiger partial charge in [0.1, 0.15) is 0 Å². The Labute approximate surface area is 185 Å². The van der Waals surface area contributed by atoms with Gasteiger partial charge in [0.15, 0.2) is 10.8 Å². The Balaban J connectivity index is 1.57. The van der Waals surface area contributed by atoms with E-state index in [1.54, 1.807) is 18.2 Å². The second-order valence-electron chi connectivity index (χ2n) is 6.70. The van der Waals surface area contributed by atoms with E-state index in [0.717, 1.165) is 24.0 Å². The van der Waals surface area contributed by atoms with Crippen molar-refractivity contribution in [2.45, 2.75) is 22.0 Å². The fourth-order valence-electron chi connectivity index (χ4n) is 3.07. The van der Waals surface area contributed by atoms with Crippen molar-refractivity contribution in [3.8, 4) is 0 Å². The van der Waals surface area contributed by atoms with Gasteiger partial charge in [0.2, 0.25) is 10.0 Å². The molecule has 166 valence electrons. The minimum absolute atomic E-state index is 0.112. The van der Waals surface area contributed by atoms with Gasteiger partial charge in [-0.1, -0.05) is 35.5 Å². The maximum atomic E-state index is 13.1. The highest BCUT2D eigenvalue weighted by molar-refractivity contribution is 7.98. The standard InChI is InChI=1S/C18H16ClF3N4O3S2/c19-15-9-13(18(20,21)22)10-26-16(15)23-24-17(26)30-11-12-2-1-3-14(8-12)31(27,28)25-4-6-29-7-5-25/h1-3,8-10H,4-7,11H2. The molecule has 0 spiro atoms. The summed E-state index contributed by atoms with van der Waals surface area (Å²) in [6.07, 6.45) is -3.67. The third-order valence-corrected chi connectivity index (χ3v) is 7.82. The third-order valence-electron chi connectivity index (χ3n) is 4.63. The molecule has 0 radical (unpaired) electrons. The smallest absolute Gasteiger partial charge is 0.379 e. The monoisotopic (exact) mass is 492 g/mol. The molecule has 1 aliphatic heterocycles. The van der Waals surface area contributed by atoms with Gasteiger partial charge in [-0.3, -0.25) is 4.40 Å². The maximum absolute atomic E-state index is 13.1. The number of benzene rings is 1. The molecule has 1 fully saturated rings. The van der Waals surface area contributed by atoms with Gasteiger partial charge in [-0.25, -0.2) is 8.42 Å². The first-order valence-corrected chi connectivity index (χ1v) is 11.9. The van der Waals surface area contributed by atoms with E-state index in [1.165, 1.54) is 14.8 Å². The number of hydrogen-bond donors (Lipinski definition) is 0. The number of halogens is 4. The highest BCUT2D eigenvalue weighted by Gasteiger charge is 2.32. The number of thioether (sulfide) groups is 1. The molecule has 2 aromatic heterocycles. The van der Waals surface area contributed by atoms with Crippen molar-refractivity contribution in [2.75, 3.05) is 26.3 Å². The molecule has 3 heterocycles. The summed E-state index contributed by atoms with van der Waals surface area (Å²) in [7, 11) is -3.65. The van der Waals surface area contributed by atoms with Crippen molar-refractivity contribution in [2.24, 2.45) is 0 Å². The average molecular weight is 493 g/mol. The maximum Gasteiger partial charge on any atom is 0.417 e. The minimum Gasteiger partial charge on any atom is -0.379 e. The Hall–Kier alpha value is -1.86. The van der Waals surface area contributed by atoms with Crippen molar-refractivity contribution in [1.29, 1.82) is 0 Å². The van der Waals surface area contributed by atoms with E-state index in [9.17, 15) is 21.6 Å². The van der Waals surface area contributed by atoms with Gasteiger partial charge in [0.05, 0.1) is 28.7 Å². The van der Waals surface area contributed by atoms with Crippen molar-refractivity contribution in [3.05, 3.63) is 52.7 Å². The summed E-state index contributed by atoms with van der Waals surface area (Å²) < 4.78 is 72.7. The zero-order valence-electron chi connectivity index (χ0n) is 15.8. The Kier molecular flexibility index (Phi) is 6.19. The largest absolute Gasteiger partial charge is 0.417 e. The number of pyridine rings is 1. The molecule has 1 aliphatic rings. The minimum atomic E-state index is -4.56. The fourth-order valence-corrected chi connectivity index (χ4v) is 5.64. The number of morpholine rings is 1. The number of nitrogens with zero attached hydrogens (tertiary/aromatic N) is 4. The SMILES string of the molecule is O=S(=O)(c1cccc(CSc2nnc3c(Cl)cc(C(F)(F)F)cn23)c1)N1CCOCC1. The number of sulfonamides is 1. The molecule has 0 amide bonds. The molecule has 7 nitrogen and oxygen atoms in total. The second-order valence-corrected chi connectivity index (χ2v) is 9.99. The zero-order valence-corrected chi connectivity index (χ0v) is 18.2. The topological polar surface area (TPSA) is 76.8 Å². The number of fused-ring (bicyclic) bond motifs is 1. The predicted octanol–water partition coefficient (Wildman–Crippen LogP) is 3.71. The van der Waals surface area contributed by atoms with Gasteiger partial charge in [-0.2, -0.15) is 17.5 Å². The molecule has 0 atom stereocenters. The Morgan fingerprint density at radius 1 is 1.16 bits per heavy atom. The average Bonchev–Trinajstić information content (AvgIpc) is 3.16. The highest BCUT2D eigenvalue weighted by Crippen LogP contribution is 2.34. The van der Waals surface area contributed by atoms with Crippen LogP contribution in [0.5, 0.6) is 0 Å². The van der Waals surface area contributed by atoms with Crippen LogP contribution in [0.4, 0.5) is 13.2 Å². The highest BCUT2D eigenvalue weighted by atomic mass is 35.5. The molecule has 0 unspecified atom stereocenters. The molecule has 1 aromatic carbocycles. The lowest BCUT2D eigenvalue weighted by atomic mass is 10.2. The first-order chi connectivity index (χ1) is 14.7. The van der Waals surface area contributed by atoms with Crippen LogP contribution >= 0.6 is 23.4 Å².